The van der Waals surface area contributed by atoms with Gasteiger partial charge in [0.2, 0.25) is 0 Å². The van der Waals surface area contributed by atoms with Crippen molar-refractivity contribution in [3.63, 3.8) is 0 Å². The molecule has 0 fully saturated rings. The van der Waals surface area contributed by atoms with E-state index in [1.165, 1.54) is 43.5 Å². The molecule has 1 atom stereocenters. The Bertz CT molecular complexity index is 1090. The molecule has 9 nitrogen and oxygen atoms in total. The second-order valence-corrected chi connectivity index (χ2v) is 11.5. The summed E-state index contributed by atoms with van der Waals surface area (Å²) < 4.78 is 5.41. The van der Waals surface area contributed by atoms with Gasteiger partial charge in [0.25, 0.3) is 0 Å². The van der Waals surface area contributed by atoms with Crippen molar-refractivity contribution in [1.29, 1.82) is 0 Å². The maximum Gasteiger partial charge on any atom is 0.307 e. The van der Waals surface area contributed by atoms with E-state index in [2.05, 4.69) is 79.7 Å². The molecule has 2 N–H and O–H groups in total. The molecule has 0 amide bonds. The monoisotopic (exact) mass is 579 g/mol. The van der Waals surface area contributed by atoms with E-state index >= 15 is 0 Å². The highest BCUT2D eigenvalue weighted by molar-refractivity contribution is 5.69. The van der Waals surface area contributed by atoms with Crippen LogP contribution in [0, 0.1) is 0 Å². The molecule has 1 aromatic carbocycles. The summed E-state index contributed by atoms with van der Waals surface area (Å²) in [7, 11) is 0. The molecule has 0 aliphatic heterocycles. The van der Waals surface area contributed by atoms with Crippen molar-refractivity contribution < 1.29 is 9.53 Å². The zero-order chi connectivity index (χ0) is 30.2. The Labute approximate surface area is 253 Å². The highest BCUT2D eigenvalue weighted by atomic mass is 16.5. The van der Waals surface area contributed by atoms with Crippen LogP contribution in [0.15, 0.2) is 49.1 Å². The fraction of sp³-hybridized carbons (Fsp3) is 0.606. The van der Waals surface area contributed by atoms with Crippen molar-refractivity contribution >= 4 is 5.97 Å². The molecular weight excluding hydrogens is 526 g/mol. The van der Waals surface area contributed by atoms with Gasteiger partial charge in [-0.25, -0.2) is 9.97 Å². The lowest BCUT2D eigenvalue weighted by molar-refractivity contribution is -0.147. The van der Waals surface area contributed by atoms with Crippen LogP contribution in [0.25, 0.3) is 0 Å². The quantitative estimate of drug-likeness (QED) is 0.119. The first-order chi connectivity index (χ1) is 20.4. The molecule has 0 saturated heterocycles. The normalized spacial score (nSPS) is 12.6. The highest BCUT2D eigenvalue weighted by Crippen LogP contribution is 2.22. The number of carbonyl (C=O) groups excluding carboxylic acids is 1. The second kappa shape index (κ2) is 18.5. The number of nitrogens with zero attached hydrogens (tertiary/aromatic N) is 5. The average Bonchev–Trinajstić information content (AvgIpc) is 3.69. The number of rotatable bonds is 21. The van der Waals surface area contributed by atoms with E-state index in [1.807, 2.05) is 26.2 Å². The minimum Gasteiger partial charge on any atom is -0.463 e. The lowest BCUT2D eigenvalue weighted by Gasteiger charge is -2.27. The molecule has 232 valence electrons. The van der Waals surface area contributed by atoms with Crippen LogP contribution < -0.4 is 0 Å². The number of aromatic amines is 2. The zero-order valence-electron chi connectivity index (χ0n) is 26.5. The van der Waals surface area contributed by atoms with Crippen molar-refractivity contribution in [3.05, 3.63) is 71.8 Å². The van der Waals surface area contributed by atoms with Crippen molar-refractivity contribution in [3.8, 4) is 0 Å². The molecule has 9 heteroatoms. The number of ether oxygens (including phenoxy) is 1. The third-order valence-corrected chi connectivity index (χ3v) is 7.46. The van der Waals surface area contributed by atoms with E-state index in [0.717, 1.165) is 44.2 Å². The molecule has 1 unspecified atom stereocenters. The van der Waals surface area contributed by atoms with E-state index in [-0.39, 0.29) is 18.1 Å². The van der Waals surface area contributed by atoms with E-state index < -0.39 is 0 Å². The molecule has 0 radical (unpaired) electrons. The van der Waals surface area contributed by atoms with E-state index in [0.29, 0.717) is 19.5 Å². The number of nitrogens with one attached hydrogen (secondary N) is 2. The number of benzene rings is 1. The summed E-state index contributed by atoms with van der Waals surface area (Å²) in [4.78, 5) is 35.1. The Morgan fingerprint density at radius 1 is 0.786 bits per heavy atom. The predicted molar refractivity (Wildman–Crippen MR) is 169 cm³/mol. The summed E-state index contributed by atoms with van der Waals surface area (Å²) in [6.45, 7) is 17.9. The molecule has 2 heterocycles. The smallest absolute Gasteiger partial charge is 0.307 e. The van der Waals surface area contributed by atoms with Gasteiger partial charge in [0, 0.05) is 44.4 Å². The van der Waals surface area contributed by atoms with Gasteiger partial charge in [-0.05, 0) is 83.8 Å². The zero-order valence-corrected chi connectivity index (χ0v) is 26.5. The van der Waals surface area contributed by atoms with Gasteiger partial charge in [0.1, 0.15) is 11.6 Å². The van der Waals surface area contributed by atoms with Crippen LogP contribution in [-0.2, 0) is 29.2 Å². The molecule has 0 bridgehead atoms. The van der Waals surface area contributed by atoms with Gasteiger partial charge in [-0.1, -0.05) is 38.1 Å². The Hall–Kier alpha value is -3.01. The van der Waals surface area contributed by atoms with Gasteiger partial charge in [0.15, 0.2) is 0 Å². The fourth-order valence-electron chi connectivity index (χ4n) is 5.31. The Morgan fingerprint density at radius 2 is 1.40 bits per heavy atom. The summed E-state index contributed by atoms with van der Waals surface area (Å²) in [5, 5.41) is 0. The summed E-state index contributed by atoms with van der Waals surface area (Å²) in [6.07, 6.45) is 12.3. The third kappa shape index (κ3) is 12.1. The third-order valence-electron chi connectivity index (χ3n) is 7.46. The standard InChI is InChI=1S/C33H53N7O2/c1-6-19-38(20-7-2)21-8-9-22-39(23-14-32(41)42-27(3)4)24-29-10-12-30(13-11-29)25-40(26-31-34-15-16-35-31)28(5)33-36-17-18-37-33/h10-13,15-18,27-28H,6-9,14,19-26H2,1-5H3,(H,34,35)(H,36,37). The summed E-state index contributed by atoms with van der Waals surface area (Å²) >= 11 is 0. The molecule has 0 aliphatic rings. The summed E-state index contributed by atoms with van der Waals surface area (Å²) in [5.74, 6) is 1.76. The van der Waals surface area contributed by atoms with Gasteiger partial charge in [0.05, 0.1) is 25.1 Å². The summed E-state index contributed by atoms with van der Waals surface area (Å²) in [6, 6.07) is 9.00. The minimum atomic E-state index is -0.121. The molecule has 42 heavy (non-hydrogen) atoms. The topological polar surface area (TPSA) is 93.4 Å². The number of carbonyl (C=O) groups is 1. The SMILES string of the molecule is CCCN(CCC)CCCCN(CCC(=O)OC(C)C)Cc1ccc(CN(Cc2ncc[nH]2)C(C)c2ncc[nH]2)cc1. The van der Waals surface area contributed by atoms with Crippen LogP contribution in [0.2, 0.25) is 0 Å². The van der Waals surface area contributed by atoms with Crippen molar-refractivity contribution in [1.82, 2.24) is 34.6 Å². The van der Waals surface area contributed by atoms with Gasteiger partial charge in [-0.2, -0.15) is 0 Å². The Morgan fingerprint density at radius 3 is 1.98 bits per heavy atom. The first-order valence-corrected chi connectivity index (χ1v) is 15.8. The van der Waals surface area contributed by atoms with Gasteiger partial charge < -0.3 is 19.6 Å². The molecule has 0 aliphatic carbocycles. The van der Waals surface area contributed by atoms with Crippen molar-refractivity contribution in [2.75, 3.05) is 32.7 Å². The first-order valence-electron chi connectivity index (χ1n) is 15.8. The van der Waals surface area contributed by atoms with Gasteiger partial charge in [-0.15, -0.1) is 0 Å². The Balaban J connectivity index is 1.61. The van der Waals surface area contributed by atoms with Gasteiger partial charge >= 0.3 is 5.97 Å². The molecule has 0 saturated carbocycles. The summed E-state index contributed by atoms with van der Waals surface area (Å²) in [5.41, 5.74) is 2.49. The molecule has 2 aromatic heterocycles. The number of H-pyrrole nitrogens is 2. The van der Waals surface area contributed by atoms with E-state index in [1.54, 1.807) is 12.4 Å². The van der Waals surface area contributed by atoms with Crippen molar-refractivity contribution in [2.45, 2.75) is 98.5 Å². The average molecular weight is 580 g/mol. The maximum absolute atomic E-state index is 12.3. The van der Waals surface area contributed by atoms with Crippen LogP contribution in [0.5, 0.6) is 0 Å². The van der Waals surface area contributed by atoms with Crippen LogP contribution >= 0.6 is 0 Å². The first kappa shape index (κ1) is 33.5. The van der Waals surface area contributed by atoms with Crippen LogP contribution in [0.3, 0.4) is 0 Å². The van der Waals surface area contributed by atoms with Crippen molar-refractivity contribution in [2.24, 2.45) is 0 Å². The maximum atomic E-state index is 12.3. The fourth-order valence-corrected chi connectivity index (χ4v) is 5.31. The van der Waals surface area contributed by atoms with Gasteiger partial charge in [-0.3, -0.25) is 14.6 Å². The largest absolute Gasteiger partial charge is 0.463 e. The molecule has 0 spiro atoms. The predicted octanol–water partition coefficient (Wildman–Crippen LogP) is 5.94. The number of hydrogen-bond donors (Lipinski definition) is 2. The second-order valence-electron chi connectivity index (χ2n) is 11.5. The highest BCUT2D eigenvalue weighted by Gasteiger charge is 2.20. The van der Waals surface area contributed by atoms with Crippen LogP contribution in [0.4, 0.5) is 0 Å². The van der Waals surface area contributed by atoms with E-state index in [4.69, 9.17) is 4.74 Å². The molecular formula is C33H53N7O2. The lowest BCUT2D eigenvalue weighted by Crippen LogP contribution is -2.30. The number of unbranched alkanes of at least 4 members (excludes halogenated alkanes) is 1. The number of hydrogen-bond acceptors (Lipinski definition) is 7. The van der Waals surface area contributed by atoms with E-state index in [9.17, 15) is 4.79 Å². The Kier molecular flexibility index (Phi) is 14.8. The van der Waals surface area contributed by atoms with Crippen LogP contribution in [-0.4, -0.2) is 79.4 Å². The van der Waals surface area contributed by atoms with Crippen LogP contribution in [0.1, 0.15) is 95.5 Å². The molecule has 3 rings (SSSR count). The number of aromatic nitrogens is 4. The number of esters is 1. The minimum absolute atomic E-state index is 0.0792. The lowest BCUT2D eigenvalue weighted by atomic mass is 10.1. The number of imidazole rings is 2. The molecule has 3 aromatic rings.